The molecule has 2 heterocycles. The van der Waals surface area contributed by atoms with Gasteiger partial charge in [-0.1, -0.05) is 11.3 Å². The summed E-state index contributed by atoms with van der Waals surface area (Å²) >= 11 is 1.59. The first-order chi connectivity index (χ1) is 8.29. The molecule has 2 fully saturated rings. The lowest BCUT2D eigenvalue weighted by molar-refractivity contribution is 0.484. The third-order valence-corrected chi connectivity index (χ3v) is 4.77. The lowest BCUT2D eigenvalue weighted by Crippen LogP contribution is -2.37. The fourth-order valence-corrected chi connectivity index (χ4v) is 3.62. The summed E-state index contributed by atoms with van der Waals surface area (Å²) in [6.07, 6.45) is 6.26. The minimum absolute atomic E-state index is 0.577. The fourth-order valence-electron chi connectivity index (χ4n) is 2.54. The summed E-state index contributed by atoms with van der Waals surface area (Å²) in [5.41, 5.74) is 1.07. The van der Waals surface area contributed by atoms with Gasteiger partial charge in [-0.15, -0.1) is 0 Å². The van der Waals surface area contributed by atoms with Gasteiger partial charge >= 0.3 is 0 Å². The van der Waals surface area contributed by atoms with E-state index >= 15 is 0 Å². The molecule has 90 valence electrons. The molecule has 0 bridgehead atoms. The van der Waals surface area contributed by atoms with Crippen molar-refractivity contribution in [3.63, 3.8) is 0 Å². The van der Waals surface area contributed by atoms with Crippen molar-refractivity contribution in [2.45, 2.75) is 51.0 Å². The van der Waals surface area contributed by atoms with Crippen molar-refractivity contribution in [1.29, 1.82) is 5.26 Å². The molecule has 1 saturated carbocycles. The molecular weight excluding hydrogens is 230 g/mol. The van der Waals surface area contributed by atoms with Crippen LogP contribution in [0.1, 0.15) is 55.5 Å². The van der Waals surface area contributed by atoms with Crippen LogP contribution in [0, 0.1) is 11.3 Å². The Morgan fingerprint density at radius 3 is 2.82 bits per heavy atom. The Balaban J connectivity index is 1.89. The molecule has 1 aliphatic carbocycles. The second-order valence-electron chi connectivity index (χ2n) is 5.14. The van der Waals surface area contributed by atoms with Crippen LogP contribution >= 0.6 is 11.3 Å². The van der Waals surface area contributed by atoms with Gasteiger partial charge < -0.3 is 4.90 Å². The summed E-state index contributed by atoms with van der Waals surface area (Å²) in [5.74, 6) is 0.578. The molecule has 2 aliphatic rings. The molecule has 3 rings (SSSR count). The van der Waals surface area contributed by atoms with Crippen LogP contribution in [0.4, 0.5) is 5.13 Å². The summed E-state index contributed by atoms with van der Waals surface area (Å²) in [4.78, 5) is 7.98. The normalized spacial score (nSPS) is 24.7. The van der Waals surface area contributed by atoms with Crippen LogP contribution in [-0.4, -0.2) is 17.6 Å². The number of hydrogen-bond acceptors (Lipinski definition) is 4. The standard InChI is InChI=1S/C13H17N3S/c1-9-4-2-3-7-16(9)13-15-12(10-5-6-10)11(8-14)17-13/h9-10H,2-7H2,1H3. The van der Waals surface area contributed by atoms with E-state index in [0.717, 1.165) is 22.2 Å². The first kappa shape index (κ1) is 11.0. The average Bonchev–Trinajstić information content (AvgIpc) is 3.10. The van der Waals surface area contributed by atoms with Gasteiger partial charge in [0.2, 0.25) is 0 Å². The molecule has 17 heavy (non-hydrogen) atoms. The first-order valence-electron chi connectivity index (χ1n) is 6.47. The molecule has 1 aliphatic heterocycles. The molecule has 1 unspecified atom stereocenters. The number of thiazole rings is 1. The quantitative estimate of drug-likeness (QED) is 0.805. The molecule has 0 aromatic carbocycles. The number of hydrogen-bond donors (Lipinski definition) is 0. The van der Waals surface area contributed by atoms with E-state index < -0.39 is 0 Å². The van der Waals surface area contributed by atoms with Crippen molar-refractivity contribution in [1.82, 2.24) is 4.98 Å². The van der Waals surface area contributed by atoms with Crippen LogP contribution in [0.3, 0.4) is 0 Å². The highest BCUT2D eigenvalue weighted by Gasteiger charge is 2.31. The van der Waals surface area contributed by atoms with E-state index in [-0.39, 0.29) is 0 Å². The number of rotatable bonds is 2. The first-order valence-corrected chi connectivity index (χ1v) is 7.28. The van der Waals surface area contributed by atoms with Gasteiger partial charge in [0, 0.05) is 18.5 Å². The largest absolute Gasteiger partial charge is 0.345 e. The lowest BCUT2D eigenvalue weighted by atomic mass is 10.1. The van der Waals surface area contributed by atoms with E-state index in [4.69, 9.17) is 4.98 Å². The maximum absolute atomic E-state index is 9.17. The van der Waals surface area contributed by atoms with E-state index in [2.05, 4.69) is 17.9 Å². The molecule has 1 saturated heterocycles. The number of aromatic nitrogens is 1. The van der Waals surface area contributed by atoms with Crippen LogP contribution in [-0.2, 0) is 0 Å². The minimum Gasteiger partial charge on any atom is -0.345 e. The summed E-state index contributed by atoms with van der Waals surface area (Å²) in [5, 5.41) is 10.3. The lowest BCUT2D eigenvalue weighted by Gasteiger charge is -2.33. The van der Waals surface area contributed by atoms with Crippen LogP contribution in [0.25, 0.3) is 0 Å². The highest BCUT2D eigenvalue weighted by Crippen LogP contribution is 2.44. The van der Waals surface area contributed by atoms with Crippen LogP contribution in [0.15, 0.2) is 0 Å². The Hall–Kier alpha value is -1.08. The van der Waals surface area contributed by atoms with Crippen molar-refractivity contribution >= 4 is 16.5 Å². The van der Waals surface area contributed by atoms with Gasteiger partial charge in [-0.05, 0) is 39.0 Å². The molecule has 0 radical (unpaired) electrons. The zero-order valence-corrected chi connectivity index (χ0v) is 11.0. The van der Waals surface area contributed by atoms with Gasteiger partial charge in [0.15, 0.2) is 5.13 Å². The number of nitriles is 1. The topological polar surface area (TPSA) is 39.9 Å². The van der Waals surface area contributed by atoms with Gasteiger partial charge in [-0.3, -0.25) is 0 Å². The molecule has 0 spiro atoms. The summed E-state index contributed by atoms with van der Waals surface area (Å²) in [6.45, 7) is 3.37. The van der Waals surface area contributed by atoms with Gasteiger partial charge in [0.05, 0.1) is 5.69 Å². The molecule has 0 N–H and O–H groups in total. The molecule has 1 aromatic rings. The average molecular weight is 247 g/mol. The Morgan fingerprint density at radius 2 is 2.18 bits per heavy atom. The van der Waals surface area contributed by atoms with Gasteiger partial charge in [-0.2, -0.15) is 5.26 Å². The molecule has 1 aromatic heterocycles. The minimum atomic E-state index is 0.577. The fraction of sp³-hybridized carbons (Fsp3) is 0.692. The van der Waals surface area contributed by atoms with Gasteiger partial charge in [0.1, 0.15) is 10.9 Å². The Labute approximate surface area is 106 Å². The smallest absolute Gasteiger partial charge is 0.187 e. The summed E-state index contributed by atoms with van der Waals surface area (Å²) < 4.78 is 0. The van der Waals surface area contributed by atoms with E-state index in [9.17, 15) is 5.26 Å². The maximum atomic E-state index is 9.17. The Kier molecular flexibility index (Phi) is 2.79. The third kappa shape index (κ3) is 2.04. The van der Waals surface area contributed by atoms with Crippen molar-refractivity contribution < 1.29 is 0 Å². The van der Waals surface area contributed by atoms with Crippen molar-refractivity contribution in [3.05, 3.63) is 10.6 Å². The van der Waals surface area contributed by atoms with Crippen LogP contribution in [0.5, 0.6) is 0 Å². The second kappa shape index (κ2) is 4.30. The predicted octanol–water partition coefficient (Wildman–Crippen LogP) is 3.27. The summed E-state index contributed by atoms with van der Waals surface area (Å²) in [7, 11) is 0. The molecular formula is C13H17N3S. The Bertz CT molecular complexity index is 456. The summed E-state index contributed by atoms with van der Waals surface area (Å²) in [6, 6.07) is 2.90. The van der Waals surface area contributed by atoms with Gasteiger partial charge in [-0.25, -0.2) is 4.98 Å². The van der Waals surface area contributed by atoms with Crippen LogP contribution in [0.2, 0.25) is 0 Å². The zero-order chi connectivity index (χ0) is 11.8. The molecule has 1 atom stereocenters. The highest BCUT2D eigenvalue weighted by molar-refractivity contribution is 7.16. The zero-order valence-electron chi connectivity index (χ0n) is 10.1. The van der Waals surface area contributed by atoms with Crippen molar-refractivity contribution in [2.24, 2.45) is 0 Å². The number of piperidine rings is 1. The van der Waals surface area contributed by atoms with Crippen LogP contribution < -0.4 is 4.90 Å². The van der Waals surface area contributed by atoms with E-state index in [1.807, 2.05) is 0 Å². The predicted molar refractivity (Wildman–Crippen MR) is 69.5 cm³/mol. The SMILES string of the molecule is CC1CCCCN1c1nc(C2CC2)c(C#N)s1. The van der Waals surface area contributed by atoms with Gasteiger partial charge in [0.25, 0.3) is 0 Å². The molecule has 4 heteroatoms. The maximum Gasteiger partial charge on any atom is 0.187 e. The highest BCUT2D eigenvalue weighted by atomic mass is 32.1. The third-order valence-electron chi connectivity index (χ3n) is 3.76. The van der Waals surface area contributed by atoms with E-state index in [1.54, 1.807) is 11.3 Å². The molecule has 0 amide bonds. The number of nitrogens with zero attached hydrogens (tertiary/aromatic N) is 3. The van der Waals surface area contributed by atoms with E-state index in [0.29, 0.717) is 12.0 Å². The van der Waals surface area contributed by atoms with Crippen molar-refractivity contribution in [2.75, 3.05) is 11.4 Å². The second-order valence-corrected chi connectivity index (χ2v) is 6.11. The molecule has 3 nitrogen and oxygen atoms in total. The Morgan fingerprint density at radius 1 is 1.35 bits per heavy atom. The van der Waals surface area contributed by atoms with E-state index in [1.165, 1.54) is 32.1 Å². The monoisotopic (exact) mass is 247 g/mol. The number of anilines is 1. The van der Waals surface area contributed by atoms with Crippen molar-refractivity contribution in [3.8, 4) is 6.07 Å².